The zero-order valence-corrected chi connectivity index (χ0v) is 11.9. The Labute approximate surface area is 121 Å². The van der Waals surface area contributed by atoms with Crippen LogP contribution in [0.25, 0.3) is 0 Å². The van der Waals surface area contributed by atoms with Crippen molar-refractivity contribution in [2.45, 2.75) is 51.4 Å². The minimum atomic E-state index is -4.54. The van der Waals surface area contributed by atoms with Crippen LogP contribution < -0.4 is 4.90 Å². The van der Waals surface area contributed by atoms with Gasteiger partial charge in [0, 0.05) is 12.1 Å². The van der Waals surface area contributed by atoms with E-state index in [1.54, 1.807) is 0 Å². The first-order valence-corrected chi connectivity index (χ1v) is 6.98. The first-order valence-electron chi connectivity index (χ1n) is 6.98. The molecule has 1 aliphatic rings. The van der Waals surface area contributed by atoms with E-state index in [1.807, 2.05) is 18.7 Å². The topological polar surface area (TPSA) is 40.5 Å². The minimum absolute atomic E-state index is 0.129. The fourth-order valence-electron chi connectivity index (χ4n) is 3.02. The van der Waals surface area contributed by atoms with Gasteiger partial charge in [-0.15, -0.1) is 0 Å². The van der Waals surface area contributed by atoms with Gasteiger partial charge >= 0.3 is 12.1 Å². The van der Waals surface area contributed by atoms with Crippen molar-refractivity contribution in [1.82, 2.24) is 0 Å². The standard InChI is InChI=1S/C15H18F3NO2/c1-3-11-6-4-9(2)19(11)13-7-5-10(15(16,17)18)8-12(13)14(20)21/h5,7-9,11H,3-4,6H2,1-2H3,(H,20,21). The molecule has 2 atom stereocenters. The number of anilines is 1. The van der Waals surface area contributed by atoms with Gasteiger partial charge in [0.1, 0.15) is 0 Å². The lowest BCUT2D eigenvalue weighted by Gasteiger charge is -2.31. The molecule has 1 aliphatic heterocycles. The average molecular weight is 301 g/mol. The molecule has 2 rings (SSSR count). The molecule has 0 amide bonds. The highest BCUT2D eigenvalue weighted by Crippen LogP contribution is 2.37. The fraction of sp³-hybridized carbons (Fsp3) is 0.533. The summed E-state index contributed by atoms with van der Waals surface area (Å²) in [5.74, 6) is -1.33. The summed E-state index contributed by atoms with van der Waals surface area (Å²) in [6.07, 6.45) is -1.86. The zero-order chi connectivity index (χ0) is 15.8. The van der Waals surface area contributed by atoms with Crippen molar-refractivity contribution in [2.24, 2.45) is 0 Å². The Balaban J connectivity index is 2.51. The Kier molecular flexibility index (Phi) is 4.16. The van der Waals surface area contributed by atoms with E-state index in [-0.39, 0.29) is 17.6 Å². The number of aromatic carboxylic acids is 1. The molecule has 1 aromatic rings. The highest BCUT2D eigenvalue weighted by molar-refractivity contribution is 5.95. The predicted octanol–water partition coefficient (Wildman–Crippen LogP) is 4.17. The number of alkyl halides is 3. The van der Waals surface area contributed by atoms with Gasteiger partial charge in [-0.3, -0.25) is 0 Å². The lowest BCUT2D eigenvalue weighted by Crippen LogP contribution is -2.35. The van der Waals surface area contributed by atoms with Crippen LogP contribution >= 0.6 is 0 Å². The van der Waals surface area contributed by atoms with Crippen LogP contribution in [0.2, 0.25) is 0 Å². The lowest BCUT2D eigenvalue weighted by molar-refractivity contribution is -0.137. The third-order valence-corrected chi connectivity index (χ3v) is 4.09. The number of benzene rings is 1. The van der Waals surface area contributed by atoms with Crippen LogP contribution in [0.1, 0.15) is 49.0 Å². The number of rotatable bonds is 3. The molecule has 116 valence electrons. The highest BCUT2D eigenvalue weighted by atomic mass is 19.4. The summed E-state index contributed by atoms with van der Waals surface area (Å²) < 4.78 is 38.3. The number of carboxylic acids is 1. The number of carboxylic acid groups (broad SMARTS) is 1. The molecule has 3 nitrogen and oxygen atoms in total. The molecule has 0 saturated carbocycles. The van der Waals surface area contributed by atoms with Crippen molar-refractivity contribution in [2.75, 3.05) is 4.90 Å². The Morgan fingerprint density at radius 1 is 1.38 bits per heavy atom. The van der Waals surface area contributed by atoms with Crippen LogP contribution in [0.15, 0.2) is 18.2 Å². The summed E-state index contributed by atoms with van der Waals surface area (Å²) in [5, 5.41) is 9.27. The molecule has 6 heteroatoms. The molecule has 21 heavy (non-hydrogen) atoms. The van der Waals surface area contributed by atoms with Gasteiger partial charge in [0.2, 0.25) is 0 Å². The third kappa shape index (κ3) is 2.99. The first-order chi connectivity index (χ1) is 9.75. The average Bonchev–Trinajstić information content (AvgIpc) is 2.77. The molecule has 0 bridgehead atoms. The normalized spacial score (nSPS) is 22.6. The van der Waals surface area contributed by atoms with Crippen LogP contribution in [0.5, 0.6) is 0 Å². The molecule has 1 N–H and O–H groups in total. The summed E-state index contributed by atoms with van der Waals surface area (Å²) in [7, 11) is 0. The van der Waals surface area contributed by atoms with E-state index in [1.165, 1.54) is 6.07 Å². The van der Waals surface area contributed by atoms with Gasteiger partial charge in [0.15, 0.2) is 0 Å². The van der Waals surface area contributed by atoms with Crippen LogP contribution in [-0.2, 0) is 6.18 Å². The SMILES string of the molecule is CCC1CCC(C)N1c1ccc(C(F)(F)F)cc1C(=O)O. The largest absolute Gasteiger partial charge is 0.478 e. The molecule has 2 unspecified atom stereocenters. The quantitative estimate of drug-likeness (QED) is 0.911. The van der Waals surface area contributed by atoms with Gasteiger partial charge in [-0.05, 0) is 44.4 Å². The van der Waals surface area contributed by atoms with Gasteiger partial charge in [0.25, 0.3) is 0 Å². The van der Waals surface area contributed by atoms with Crippen molar-refractivity contribution in [3.05, 3.63) is 29.3 Å². The number of hydrogen-bond donors (Lipinski definition) is 1. The summed E-state index contributed by atoms with van der Waals surface area (Å²) >= 11 is 0. The highest BCUT2D eigenvalue weighted by Gasteiger charge is 2.35. The third-order valence-electron chi connectivity index (χ3n) is 4.09. The predicted molar refractivity (Wildman–Crippen MR) is 73.7 cm³/mol. The maximum atomic E-state index is 12.8. The van der Waals surface area contributed by atoms with Gasteiger partial charge in [-0.1, -0.05) is 6.92 Å². The van der Waals surface area contributed by atoms with Crippen LogP contribution in [0.4, 0.5) is 18.9 Å². The van der Waals surface area contributed by atoms with Crippen LogP contribution in [-0.4, -0.2) is 23.2 Å². The van der Waals surface area contributed by atoms with Crippen molar-refractivity contribution < 1.29 is 23.1 Å². The van der Waals surface area contributed by atoms with Crippen molar-refractivity contribution >= 4 is 11.7 Å². The maximum absolute atomic E-state index is 12.8. The number of hydrogen-bond acceptors (Lipinski definition) is 2. The number of halogens is 3. The number of nitrogens with zero attached hydrogens (tertiary/aromatic N) is 1. The first kappa shape index (κ1) is 15.7. The fourth-order valence-corrected chi connectivity index (χ4v) is 3.02. The lowest BCUT2D eigenvalue weighted by atomic mass is 10.1. The molecule has 0 radical (unpaired) electrons. The molecule has 1 fully saturated rings. The summed E-state index contributed by atoms with van der Waals surface area (Å²) in [5.41, 5.74) is -0.826. The second-order valence-electron chi connectivity index (χ2n) is 5.43. The molecule has 0 aliphatic carbocycles. The van der Waals surface area contributed by atoms with Gasteiger partial charge in [0.05, 0.1) is 16.8 Å². The molecule has 1 aromatic carbocycles. The van der Waals surface area contributed by atoms with E-state index >= 15 is 0 Å². The van der Waals surface area contributed by atoms with Crippen LogP contribution in [0, 0.1) is 0 Å². The second kappa shape index (κ2) is 5.58. The van der Waals surface area contributed by atoms with E-state index < -0.39 is 17.7 Å². The summed E-state index contributed by atoms with van der Waals surface area (Å²) in [4.78, 5) is 13.3. The maximum Gasteiger partial charge on any atom is 0.416 e. The van der Waals surface area contributed by atoms with E-state index in [4.69, 9.17) is 0 Å². The molecule has 1 heterocycles. The molecule has 0 aromatic heterocycles. The van der Waals surface area contributed by atoms with Gasteiger partial charge < -0.3 is 10.0 Å². The minimum Gasteiger partial charge on any atom is -0.478 e. The van der Waals surface area contributed by atoms with Crippen LogP contribution in [0.3, 0.4) is 0 Å². The number of carbonyl (C=O) groups is 1. The van der Waals surface area contributed by atoms with Gasteiger partial charge in [-0.2, -0.15) is 13.2 Å². The molecular weight excluding hydrogens is 283 g/mol. The zero-order valence-electron chi connectivity index (χ0n) is 11.9. The van der Waals surface area contributed by atoms with Gasteiger partial charge in [-0.25, -0.2) is 4.79 Å². The second-order valence-corrected chi connectivity index (χ2v) is 5.43. The Morgan fingerprint density at radius 3 is 2.57 bits per heavy atom. The summed E-state index contributed by atoms with van der Waals surface area (Å²) in [6.45, 7) is 3.97. The molecule has 1 saturated heterocycles. The van der Waals surface area contributed by atoms with Crippen molar-refractivity contribution in [3.63, 3.8) is 0 Å². The Morgan fingerprint density at radius 2 is 2.05 bits per heavy atom. The van der Waals surface area contributed by atoms with Crippen molar-refractivity contribution in [1.29, 1.82) is 0 Å². The van der Waals surface area contributed by atoms with Crippen molar-refractivity contribution in [3.8, 4) is 0 Å². The van der Waals surface area contributed by atoms with E-state index in [0.717, 1.165) is 31.4 Å². The molecular formula is C15H18F3NO2. The van der Waals surface area contributed by atoms with E-state index in [9.17, 15) is 23.1 Å². The smallest absolute Gasteiger partial charge is 0.416 e. The monoisotopic (exact) mass is 301 g/mol. The van der Waals surface area contributed by atoms with E-state index in [0.29, 0.717) is 5.69 Å². The summed E-state index contributed by atoms with van der Waals surface area (Å²) in [6, 6.07) is 3.28. The molecule has 0 spiro atoms. The van der Waals surface area contributed by atoms with E-state index in [2.05, 4.69) is 0 Å². The Hall–Kier alpha value is -1.72. The Bertz CT molecular complexity index is 542.